The summed E-state index contributed by atoms with van der Waals surface area (Å²) < 4.78 is 0. The largest absolute Gasteiger partial charge is 0.349 e. The molecule has 4 N–H and O–H groups in total. The maximum atomic E-state index is 12.8. The number of nitrogens with one attached hydrogen (secondary N) is 2. The number of carbonyl (C=O) groups excluding carboxylic acids is 2. The van der Waals surface area contributed by atoms with Crippen LogP contribution in [0.15, 0.2) is 18.2 Å². The second-order valence-electron chi connectivity index (χ2n) is 6.69. The molecular formula is C18H26N4O2. The number of carbonyl (C=O) groups is 2. The molecule has 6 heteroatoms. The topological polar surface area (TPSA) is 87.5 Å². The smallest absolute Gasteiger partial charge is 0.322 e. The van der Waals surface area contributed by atoms with Gasteiger partial charge in [-0.1, -0.05) is 18.9 Å². The Morgan fingerprint density at radius 2 is 2.17 bits per heavy atom. The van der Waals surface area contributed by atoms with Gasteiger partial charge in [0.25, 0.3) is 5.91 Å². The summed E-state index contributed by atoms with van der Waals surface area (Å²) in [6.07, 6.45) is 4.39. The molecule has 1 saturated heterocycles. The second-order valence-corrected chi connectivity index (χ2v) is 6.69. The molecule has 6 nitrogen and oxygen atoms in total. The van der Waals surface area contributed by atoms with E-state index in [9.17, 15) is 9.59 Å². The van der Waals surface area contributed by atoms with Crippen molar-refractivity contribution in [3.63, 3.8) is 0 Å². The molecule has 0 aromatic heterocycles. The van der Waals surface area contributed by atoms with Gasteiger partial charge in [-0.2, -0.15) is 0 Å². The van der Waals surface area contributed by atoms with Crippen LogP contribution in [0.1, 0.15) is 41.6 Å². The third kappa shape index (κ3) is 3.24. The van der Waals surface area contributed by atoms with E-state index in [0.717, 1.165) is 30.5 Å². The number of urea groups is 1. The van der Waals surface area contributed by atoms with Crippen molar-refractivity contribution in [1.82, 2.24) is 10.6 Å². The normalized spacial score (nSPS) is 23.9. The monoisotopic (exact) mass is 330 g/mol. The van der Waals surface area contributed by atoms with Gasteiger partial charge in [-0.3, -0.25) is 9.69 Å². The van der Waals surface area contributed by atoms with Crippen molar-refractivity contribution < 1.29 is 9.59 Å². The molecule has 0 bridgehead atoms. The Kier molecular flexibility index (Phi) is 5.04. The molecule has 1 aliphatic heterocycles. The fourth-order valence-electron chi connectivity index (χ4n) is 3.79. The van der Waals surface area contributed by atoms with Gasteiger partial charge in [-0.05, 0) is 49.9 Å². The number of rotatable bonds is 4. The van der Waals surface area contributed by atoms with E-state index in [-0.39, 0.29) is 18.0 Å². The van der Waals surface area contributed by atoms with Gasteiger partial charge in [0.15, 0.2) is 0 Å². The van der Waals surface area contributed by atoms with Crippen molar-refractivity contribution >= 4 is 17.6 Å². The highest BCUT2D eigenvalue weighted by Gasteiger charge is 2.28. The lowest BCUT2D eigenvalue weighted by Crippen LogP contribution is -2.45. The standard InChI is InChI=1S/C18H26N4O2/c1-12-14(6-4-8-16(12)22-10-9-20-18(22)24)17(23)21-15-7-3-2-5-13(15)11-19/h4,6,8,13,15H,2-3,5,7,9-11,19H2,1H3,(H,20,24)(H,21,23)/t13-,15-/m0/s1. The van der Waals surface area contributed by atoms with Crippen molar-refractivity contribution in [2.45, 2.75) is 38.6 Å². The Morgan fingerprint density at radius 1 is 1.38 bits per heavy atom. The third-order valence-corrected chi connectivity index (χ3v) is 5.23. The first-order chi connectivity index (χ1) is 11.6. The Hall–Kier alpha value is -2.08. The zero-order valence-corrected chi connectivity index (χ0v) is 14.2. The van der Waals surface area contributed by atoms with E-state index in [1.165, 1.54) is 6.42 Å². The highest BCUT2D eigenvalue weighted by molar-refractivity contribution is 6.00. The van der Waals surface area contributed by atoms with Crippen LogP contribution in [-0.2, 0) is 0 Å². The van der Waals surface area contributed by atoms with Gasteiger partial charge in [-0.25, -0.2) is 4.79 Å². The lowest BCUT2D eigenvalue weighted by molar-refractivity contribution is 0.0907. The van der Waals surface area contributed by atoms with Crippen LogP contribution in [-0.4, -0.2) is 37.6 Å². The molecule has 0 spiro atoms. The predicted octanol–water partition coefficient (Wildman–Crippen LogP) is 1.77. The predicted molar refractivity (Wildman–Crippen MR) is 94.2 cm³/mol. The summed E-state index contributed by atoms with van der Waals surface area (Å²) >= 11 is 0. The van der Waals surface area contributed by atoms with Crippen LogP contribution in [0.4, 0.5) is 10.5 Å². The van der Waals surface area contributed by atoms with Gasteiger partial charge in [0.05, 0.1) is 0 Å². The Balaban J connectivity index is 1.78. The quantitative estimate of drug-likeness (QED) is 0.786. The lowest BCUT2D eigenvalue weighted by Gasteiger charge is -2.31. The van der Waals surface area contributed by atoms with Crippen LogP contribution >= 0.6 is 0 Å². The van der Waals surface area contributed by atoms with E-state index >= 15 is 0 Å². The van der Waals surface area contributed by atoms with Gasteiger partial charge in [0.2, 0.25) is 0 Å². The van der Waals surface area contributed by atoms with Gasteiger partial charge in [-0.15, -0.1) is 0 Å². The molecule has 0 radical (unpaired) electrons. The fourth-order valence-corrected chi connectivity index (χ4v) is 3.79. The van der Waals surface area contributed by atoms with E-state index in [4.69, 9.17) is 5.73 Å². The van der Waals surface area contributed by atoms with E-state index < -0.39 is 0 Å². The second kappa shape index (κ2) is 7.21. The van der Waals surface area contributed by atoms with Crippen LogP contribution in [0.2, 0.25) is 0 Å². The molecule has 130 valence electrons. The molecule has 2 atom stereocenters. The van der Waals surface area contributed by atoms with Crippen molar-refractivity contribution in [3.05, 3.63) is 29.3 Å². The first-order valence-corrected chi connectivity index (χ1v) is 8.77. The number of nitrogens with two attached hydrogens (primary N) is 1. The zero-order valence-electron chi connectivity index (χ0n) is 14.2. The first kappa shape index (κ1) is 16.8. The molecular weight excluding hydrogens is 304 g/mol. The van der Waals surface area contributed by atoms with Crippen LogP contribution in [0, 0.1) is 12.8 Å². The number of benzene rings is 1. The first-order valence-electron chi connectivity index (χ1n) is 8.77. The molecule has 3 rings (SSSR count). The lowest BCUT2D eigenvalue weighted by atomic mass is 9.84. The van der Waals surface area contributed by atoms with Crippen molar-refractivity contribution in [2.75, 3.05) is 24.5 Å². The molecule has 1 heterocycles. The van der Waals surface area contributed by atoms with E-state index in [0.29, 0.717) is 31.1 Å². The minimum atomic E-state index is -0.105. The highest BCUT2D eigenvalue weighted by atomic mass is 16.2. The number of anilines is 1. The van der Waals surface area contributed by atoms with Crippen molar-refractivity contribution in [3.8, 4) is 0 Å². The number of nitrogens with zero attached hydrogens (tertiary/aromatic N) is 1. The third-order valence-electron chi connectivity index (χ3n) is 5.23. The average Bonchev–Trinajstić information content (AvgIpc) is 3.01. The molecule has 3 amide bonds. The molecule has 2 fully saturated rings. The summed E-state index contributed by atoms with van der Waals surface area (Å²) in [6, 6.07) is 5.59. The molecule has 1 aliphatic carbocycles. The fraction of sp³-hybridized carbons (Fsp3) is 0.556. The number of hydrogen-bond donors (Lipinski definition) is 3. The summed E-state index contributed by atoms with van der Waals surface area (Å²) in [4.78, 5) is 26.4. The molecule has 1 saturated carbocycles. The van der Waals surface area contributed by atoms with E-state index in [1.807, 2.05) is 25.1 Å². The molecule has 2 aliphatic rings. The maximum Gasteiger partial charge on any atom is 0.322 e. The van der Waals surface area contributed by atoms with Crippen LogP contribution in [0.5, 0.6) is 0 Å². The summed E-state index contributed by atoms with van der Waals surface area (Å²) in [5.74, 6) is 0.287. The Labute approximate surface area is 142 Å². The minimum Gasteiger partial charge on any atom is -0.349 e. The summed E-state index contributed by atoms with van der Waals surface area (Å²) in [5.41, 5.74) is 8.13. The summed E-state index contributed by atoms with van der Waals surface area (Å²) in [5, 5.41) is 5.96. The number of hydrogen-bond acceptors (Lipinski definition) is 3. The zero-order chi connectivity index (χ0) is 17.1. The van der Waals surface area contributed by atoms with E-state index in [1.54, 1.807) is 4.90 Å². The van der Waals surface area contributed by atoms with Crippen LogP contribution < -0.4 is 21.3 Å². The molecule has 24 heavy (non-hydrogen) atoms. The van der Waals surface area contributed by atoms with Crippen molar-refractivity contribution in [2.24, 2.45) is 11.7 Å². The van der Waals surface area contributed by atoms with Gasteiger partial charge in [0, 0.05) is 30.4 Å². The van der Waals surface area contributed by atoms with Gasteiger partial charge < -0.3 is 16.4 Å². The maximum absolute atomic E-state index is 12.8. The van der Waals surface area contributed by atoms with Gasteiger partial charge >= 0.3 is 6.03 Å². The average molecular weight is 330 g/mol. The SMILES string of the molecule is Cc1c(C(=O)N[C@H]2CCCC[C@H]2CN)cccc1N1CCNC1=O. The Morgan fingerprint density at radius 3 is 2.88 bits per heavy atom. The number of amides is 3. The highest BCUT2D eigenvalue weighted by Crippen LogP contribution is 2.27. The van der Waals surface area contributed by atoms with Crippen LogP contribution in [0.3, 0.4) is 0 Å². The van der Waals surface area contributed by atoms with Crippen LogP contribution in [0.25, 0.3) is 0 Å². The van der Waals surface area contributed by atoms with E-state index in [2.05, 4.69) is 10.6 Å². The van der Waals surface area contributed by atoms with Gasteiger partial charge in [0.1, 0.15) is 0 Å². The molecule has 0 unspecified atom stereocenters. The molecule has 1 aromatic carbocycles. The molecule has 1 aromatic rings. The Bertz CT molecular complexity index is 631. The van der Waals surface area contributed by atoms with Crippen molar-refractivity contribution in [1.29, 1.82) is 0 Å². The summed E-state index contributed by atoms with van der Waals surface area (Å²) in [7, 11) is 0. The summed E-state index contributed by atoms with van der Waals surface area (Å²) in [6.45, 7) is 3.77. The minimum absolute atomic E-state index is 0.0701.